The van der Waals surface area contributed by atoms with Crippen molar-refractivity contribution in [3.63, 3.8) is 0 Å². The fourth-order valence-corrected chi connectivity index (χ4v) is 5.28. The number of anilines is 1. The van der Waals surface area contributed by atoms with Crippen molar-refractivity contribution in [3.8, 4) is 6.07 Å². The highest BCUT2D eigenvalue weighted by molar-refractivity contribution is 9.13. The molecule has 32 heavy (non-hydrogen) atoms. The molecule has 3 heterocycles. The van der Waals surface area contributed by atoms with Crippen LogP contribution in [0.1, 0.15) is 45.2 Å². The number of aromatic nitrogens is 2. The van der Waals surface area contributed by atoms with Crippen LogP contribution in [0.5, 0.6) is 0 Å². The maximum atomic E-state index is 12.7. The van der Waals surface area contributed by atoms with Gasteiger partial charge in [0.1, 0.15) is 17.2 Å². The average Bonchev–Trinajstić information content (AvgIpc) is 3.45. The lowest BCUT2D eigenvalue weighted by molar-refractivity contribution is 0.0289. The molecule has 1 aromatic heterocycles. The summed E-state index contributed by atoms with van der Waals surface area (Å²) in [6, 6.07) is 4.77. The summed E-state index contributed by atoms with van der Waals surface area (Å²) in [7, 11) is 1.98. The van der Waals surface area contributed by atoms with Crippen LogP contribution < -0.4 is 10.2 Å². The smallest absolute Gasteiger partial charge is 0.410 e. The maximum Gasteiger partial charge on any atom is 0.410 e. The van der Waals surface area contributed by atoms with Gasteiger partial charge in [0.05, 0.1) is 21.6 Å². The Morgan fingerprint density at radius 2 is 2.03 bits per heavy atom. The zero-order valence-electron chi connectivity index (χ0n) is 18.8. The molecule has 2 aliphatic rings. The number of likely N-dealkylation sites (N-methyl/N-ethyl adjacent to an activating group) is 1. The molecule has 1 amide bonds. The minimum atomic E-state index is -0.529. The molecule has 1 N–H and O–H groups in total. The van der Waals surface area contributed by atoms with Crippen LogP contribution in [0.25, 0.3) is 11.0 Å². The van der Waals surface area contributed by atoms with Crippen molar-refractivity contribution in [2.24, 2.45) is 0 Å². The zero-order valence-corrected chi connectivity index (χ0v) is 22.0. The Morgan fingerprint density at radius 1 is 1.28 bits per heavy atom. The number of carbonyl (C=O) groups is 1. The lowest BCUT2D eigenvalue weighted by Gasteiger charge is -2.26. The van der Waals surface area contributed by atoms with Gasteiger partial charge in [0, 0.05) is 36.7 Å². The van der Waals surface area contributed by atoms with Crippen molar-refractivity contribution in [2.45, 2.75) is 51.3 Å². The summed E-state index contributed by atoms with van der Waals surface area (Å²) in [6.07, 6.45) is 1.55. The van der Waals surface area contributed by atoms with Crippen LogP contribution in [0.2, 0.25) is 0 Å². The van der Waals surface area contributed by atoms with Crippen LogP contribution >= 0.6 is 31.9 Å². The number of imidazole rings is 1. The van der Waals surface area contributed by atoms with E-state index in [1.54, 1.807) is 4.90 Å². The number of benzene rings is 1. The summed E-state index contributed by atoms with van der Waals surface area (Å²) in [5, 5.41) is 13.2. The molecule has 2 aromatic rings. The Morgan fingerprint density at radius 3 is 2.66 bits per heavy atom. The van der Waals surface area contributed by atoms with E-state index >= 15 is 0 Å². The molecule has 2 atom stereocenters. The van der Waals surface area contributed by atoms with E-state index < -0.39 is 5.60 Å². The van der Waals surface area contributed by atoms with Gasteiger partial charge < -0.3 is 24.4 Å². The molecule has 2 saturated heterocycles. The summed E-state index contributed by atoms with van der Waals surface area (Å²) in [5.41, 5.74) is 1.57. The topological polar surface area (TPSA) is 86.4 Å². The van der Waals surface area contributed by atoms with Gasteiger partial charge in [-0.15, -0.1) is 0 Å². The molecule has 0 bridgehead atoms. The molecule has 0 spiro atoms. The largest absolute Gasteiger partial charge is 0.444 e. The predicted molar refractivity (Wildman–Crippen MR) is 131 cm³/mol. The number of likely N-dealkylation sites (tertiary alicyclic amines) is 1. The number of hydrogen-bond acceptors (Lipinski definition) is 6. The average molecular weight is 568 g/mol. The van der Waals surface area contributed by atoms with E-state index in [1.807, 2.05) is 33.9 Å². The Hall–Kier alpha value is -1.83. The van der Waals surface area contributed by atoms with E-state index in [4.69, 9.17) is 9.72 Å². The van der Waals surface area contributed by atoms with E-state index in [9.17, 15) is 10.1 Å². The third-order valence-corrected chi connectivity index (χ3v) is 8.01. The van der Waals surface area contributed by atoms with Crippen LogP contribution in [0.3, 0.4) is 0 Å². The fraction of sp³-hybridized carbons (Fsp3) is 0.591. The van der Waals surface area contributed by atoms with Crippen LogP contribution in [-0.2, 0) is 4.74 Å². The van der Waals surface area contributed by atoms with E-state index in [1.165, 1.54) is 0 Å². The van der Waals surface area contributed by atoms with Gasteiger partial charge in [0.15, 0.2) is 0 Å². The first kappa shape index (κ1) is 23.3. The second kappa shape index (κ2) is 8.84. The number of nitrogens with one attached hydrogen (secondary N) is 1. The lowest BCUT2D eigenvalue weighted by atomic mass is 10.2. The van der Waals surface area contributed by atoms with Gasteiger partial charge in [-0.05, 0) is 78.6 Å². The predicted octanol–water partition coefficient (Wildman–Crippen LogP) is 4.41. The number of hydrogen-bond donors (Lipinski definition) is 1. The lowest BCUT2D eigenvalue weighted by Crippen LogP contribution is -2.35. The Balaban J connectivity index is 1.76. The zero-order chi connectivity index (χ0) is 23.2. The molecule has 2 fully saturated rings. The highest BCUT2D eigenvalue weighted by Gasteiger charge is 2.35. The second-order valence-corrected chi connectivity index (χ2v) is 11.0. The Kier molecular flexibility index (Phi) is 6.45. The monoisotopic (exact) mass is 566 g/mol. The quantitative estimate of drug-likeness (QED) is 0.591. The molecule has 0 aliphatic carbocycles. The number of amides is 1. The normalized spacial score (nSPS) is 21.4. The van der Waals surface area contributed by atoms with Gasteiger partial charge in [0.2, 0.25) is 5.95 Å². The molecule has 1 unspecified atom stereocenters. The number of ether oxygens (including phenoxy) is 1. The Bertz CT molecular complexity index is 1090. The third-order valence-electron chi connectivity index (χ3n) is 6.03. The first-order valence-electron chi connectivity index (χ1n) is 10.8. The number of halogens is 2. The van der Waals surface area contributed by atoms with Crippen molar-refractivity contribution >= 4 is 54.9 Å². The molecule has 172 valence electrons. The molecular weight excluding hydrogens is 540 g/mol. The van der Waals surface area contributed by atoms with Gasteiger partial charge in [-0.1, -0.05) is 0 Å². The minimum absolute atomic E-state index is 0.0516. The van der Waals surface area contributed by atoms with Crippen LogP contribution in [0, 0.1) is 11.3 Å². The number of carbonyl (C=O) groups excluding carboxylic acids is 1. The van der Waals surface area contributed by atoms with Gasteiger partial charge in [0.25, 0.3) is 0 Å². The molecule has 4 rings (SSSR count). The Labute approximate surface area is 205 Å². The van der Waals surface area contributed by atoms with Crippen molar-refractivity contribution < 1.29 is 9.53 Å². The molecule has 10 heteroatoms. The van der Waals surface area contributed by atoms with Gasteiger partial charge in [-0.25, -0.2) is 9.78 Å². The van der Waals surface area contributed by atoms with Gasteiger partial charge in [-0.2, -0.15) is 5.26 Å². The number of nitrogens with zero attached hydrogens (tertiary/aromatic N) is 5. The van der Waals surface area contributed by atoms with Crippen molar-refractivity contribution in [2.75, 3.05) is 38.1 Å². The van der Waals surface area contributed by atoms with Crippen molar-refractivity contribution in [1.29, 1.82) is 5.26 Å². The number of fused-ring (bicyclic) bond motifs is 1. The van der Waals surface area contributed by atoms with E-state index in [2.05, 4.69) is 52.7 Å². The number of rotatable bonds is 3. The van der Waals surface area contributed by atoms with Crippen LogP contribution in [-0.4, -0.2) is 65.4 Å². The summed E-state index contributed by atoms with van der Waals surface area (Å²) in [5.74, 6) is 0.857. The summed E-state index contributed by atoms with van der Waals surface area (Å²) in [4.78, 5) is 21.7. The van der Waals surface area contributed by atoms with E-state index in [0.29, 0.717) is 34.7 Å². The number of nitriles is 1. The first-order chi connectivity index (χ1) is 15.1. The highest BCUT2D eigenvalue weighted by atomic mass is 79.9. The highest BCUT2D eigenvalue weighted by Crippen LogP contribution is 2.39. The van der Waals surface area contributed by atoms with Crippen molar-refractivity contribution in [3.05, 3.63) is 20.6 Å². The fourth-order valence-electron chi connectivity index (χ4n) is 4.47. The summed E-state index contributed by atoms with van der Waals surface area (Å²) >= 11 is 7.11. The maximum absolute atomic E-state index is 12.7. The van der Waals surface area contributed by atoms with E-state index in [0.717, 1.165) is 41.9 Å². The van der Waals surface area contributed by atoms with Crippen molar-refractivity contribution in [1.82, 2.24) is 19.8 Å². The third kappa shape index (κ3) is 4.35. The van der Waals surface area contributed by atoms with Crippen LogP contribution in [0.15, 0.2) is 15.0 Å². The summed E-state index contributed by atoms with van der Waals surface area (Å²) in [6.45, 7) is 8.56. The molecule has 8 nitrogen and oxygen atoms in total. The molecule has 0 saturated carbocycles. The molecular formula is C22H28Br2N6O2. The molecule has 1 aromatic carbocycles. The minimum Gasteiger partial charge on any atom is -0.444 e. The first-order valence-corrected chi connectivity index (χ1v) is 12.4. The van der Waals surface area contributed by atoms with Crippen LogP contribution in [0.4, 0.5) is 10.7 Å². The standard InChI is InChI=1S/C22H28Br2N6O2/c1-22(2,3)32-21(31)29-8-6-14(12-29)30-17-9-16(23)18(24)15(10-25)19(17)27-20(30)28-7-5-13(11-28)26-4/h9,13-14,26H,5-8,11-12H2,1-4H3/t13?,14-/m0/s1. The summed E-state index contributed by atoms with van der Waals surface area (Å²) < 4.78 is 9.33. The van der Waals surface area contributed by atoms with E-state index in [-0.39, 0.29) is 12.1 Å². The second-order valence-electron chi connectivity index (χ2n) is 9.40. The SMILES string of the molecule is CNC1CCN(c2nc3c(C#N)c(Br)c(Br)cc3n2[C@H]2CCN(C(=O)OC(C)(C)C)C2)C1. The van der Waals surface area contributed by atoms with Gasteiger partial charge >= 0.3 is 6.09 Å². The molecule has 2 aliphatic heterocycles. The van der Waals surface area contributed by atoms with Gasteiger partial charge in [-0.3, -0.25) is 0 Å². The molecule has 0 radical (unpaired) electrons.